The minimum atomic E-state index is -0.789. The van der Waals surface area contributed by atoms with Crippen molar-refractivity contribution in [2.24, 2.45) is 0 Å². The van der Waals surface area contributed by atoms with Crippen LogP contribution in [-0.4, -0.2) is 37.2 Å². The SMILES string of the molecule is CC/C=C\C/C=C\C/C=C\C/C=C\C/C=C\CCCCCCCCCC(=O)OC(COC(=O)CCCCCCC/C=C\C/C=C\CCC)COC(=O)CCCCCCCCCCCCCCCCCCCCCCCCCC. The summed E-state index contributed by atoms with van der Waals surface area (Å²) in [5, 5.41) is 0. The summed E-state index contributed by atoms with van der Waals surface area (Å²) in [6, 6.07) is 0. The Balaban J connectivity index is 4.31. The molecule has 0 aromatic carbocycles. The van der Waals surface area contributed by atoms with E-state index >= 15 is 0 Å². The highest BCUT2D eigenvalue weighted by atomic mass is 16.6. The Hall–Kier alpha value is -3.41. The molecule has 0 heterocycles. The number of allylic oxidation sites excluding steroid dienone is 14. The lowest BCUT2D eigenvalue weighted by atomic mass is 10.0. The van der Waals surface area contributed by atoms with Crippen LogP contribution in [-0.2, 0) is 28.6 Å². The fourth-order valence-corrected chi connectivity index (χ4v) is 9.63. The molecule has 1 atom stereocenters. The highest BCUT2D eigenvalue weighted by molar-refractivity contribution is 5.71. The van der Waals surface area contributed by atoms with Gasteiger partial charge < -0.3 is 14.2 Å². The second kappa shape index (κ2) is 66.1. The van der Waals surface area contributed by atoms with Gasteiger partial charge in [-0.15, -0.1) is 0 Å². The summed E-state index contributed by atoms with van der Waals surface area (Å²) in [6.07, 6.45) is 87.4. The van der Waals surface area contributed by atoms with Gasteiger partial charge in [-0.3, -0.25) is 14.4 Å². The van der Waals surface area contributed by atoms with Crippen LogP contribution in [0.2, 0.25) is 0 Å². The number of ether oxygens (including phenoxy) is 3. The number of esters is 3. The number of carbonyl (C=O) groups is 3. The number of unbranched alkanes of at least 4 members (excludes halogenated alkanes) is 36. The smallest absolute Gasteiger partial charge is 0.306 e. The molecule has 0 N–H and O–H groups in total. The van der Waals surface area contributed by atoms with Crippen molar-refractivity contribution in [1.29, 1.82) is 0 Å². The van der Waals surface area contributed by atoms with Crippen LogP contribution in [0.15, 0.2) is 85.1 Å². The number of rotatable bonds is 61. The third kappa shape index (κ3) is 63.4. The number of hydrogen-bond acceptors (Lipinski definition) is 6. The molecular formula is C72H126O6. The molecular weight excluding hydrogens is 961 g/mol. The van der Waals surface area contributed by atoms with Gasteiger partial charge in [-0.2, -0.15) is 0 Å². The first kappa shape index (κ1) is 74.6. The molecule has 0 rings (SSSR count). The van der Waals surface area contributed by atoms with Gasteiger partial charge in [-0.1, -0.05) is 311 Å². The maximum absolute atomic E-state index is 12.9. The molecule has 450 valence electrons. The molecule has 1 unspecified atom stereocenters. The molecule has 0 aromatic rings. The zero-order chi connectivity index (χ0) is 56.4. The van der Waals surface area contributed by atoms with Crippen molar-refractivity contribution in [2.45, 2.75) is 341 Å². The van der Waals surface area contributed by atoms with Crippen molar-refractivity contribution in [3.63, 3.8) is 0 Å². The van der Waals surface area contributed by atoms with Crippen molar-refractivity contribution >= 4 is 17.9 Å². The molecule has 0 spiro atoms. The first-order chi connectivity index (χ1) is 38.5. The predicted molar refractivity (Wildman–Crippen MR) is 339 cm³/mol. The largest absolute Gasteiger partial charge is 0.462 e. The second-order valence-corrected chi connectivity index (χ2v) is 22.4. The first-order valence-corrected chi connectivity index (χ1v) is 33.6. The van der Waals surface area contributed by atoms with Gasteiger partial charge in [-0.25, -0.2) is 0 Å². The molecule has 6 nitrogen and oxygen atoms in total. The quantitative estimate of drug-likeness (QED) is 0.0261. The summed E-state index contributed by atoms with van der Waals surface area (Å²) in [6.45, 7) is 6.49. The van der Waals surface area contributed by atoms with Crippen LogP contribution in [0.3, 0.4) is 0 Å². The first-order valence-electron chi connectivity index (χ1n) is 33.6. The van der Waals surface area contributed by atoms with Crippen LogP contribution in [0.25, 0.3) is 0 Å². The monoisotopic (exact) mass is 1090 g/mol. The van der Waals surface area contributed by atoms with E-state index in [-0.39, 0.29) is 31.1 Å². The summed E-state index contributed by atoms with van der Waals surface area (Å²) >= 11 is 0. The standard InChI is InChI=1S/C72H126O6/c1-4-7-10-13-16-19-22-25-27-29-31-33-35-37-38-40-42-44-47-50-53-56-59-62-65-71(74)77-68-69(67-76-70(73)64-61-58-55-52-49-46-24-21-18-15-12-9-6-3)78-72(75)66-63-60-57-54-51-48-45-43-41-39-36-34-32-30-28-26-23-20-17-14-11-8-5-2/h8,11-12,15,17,20-21,24,26,28,32,34,39,41,69H,4-7,9-10,13-14,16,18-19,22-23,25,27,29-31,33,35-38,40,42-68H2,1-3H3/b11-8-,15-12-,20-17-,24-21-,28-26-,34-32-,41-39-. The lowest BCUT2D eigenvalue weighted by Gasteiger charge is -2.18. The van der Waals surface area contributed by atoms with E-state index in [1.807, 2.05) is 0 Å². The summed E-state index contributed by atoms with van der Waals surface area (Å²) in [4.78, 5) is 38.4. The zero-order valence-electron chi connectivity index (χ0n) is 51.7. The fourth-order valence-electron chi connectivity index (χ4n) is 9.63. The van der Waals surface area contributed by atoms with Crippen LogP contribution in [0, 0.1) is 0 Å². The van der Waals surface area contributed by atoms with Gasteiger partial charge in [0.25, 0.3) is 0 Å². The second-order valence-electron chi connectivity index (χ2n) is 22.4. The summed E-state index contributed by atoms with van der Waals surface area (Å²) < 4.78 is 16.9. The molecule has 0 amide bonds. The molecule has 0 bridgehead atoms. The van der Waals surface area contributed by atoms with E-state index in [4.69, 9.17) is 14.2 Å². The average molecular weight is 1090 g/mol. The molecule has 0 saturated carbocycles. The Morgan fingerprint density at radius 2 is 0.526 bits per heavy atom. The van der Waals surface area contributed by atoms with Gasteiger partial charge in [0.2, 0.25) is 0 Å². The Kier molecular flexibility index (Phi) is 63.2. The van der Waals surface area contributed by atoms with Gasteiger partial charge in [0, 0.05) is 19.3 Å². The highest BCUT2D eigenvalue weighted by Gasteiger charge is 2.19. The lowest BCUT2D eigenvalue weighted by Crippen LogP contribution is -2.30. The third-order valence-electron chi connectivity index (χ3n) is 14.6. The molecule has 6 heteroatoms. The fraction of sp³-hybridized carbons (Fsp3) is 0.764. The van der Waals surface area contributed by atoms with Crippen LogP contribution in [0.1, 0.15) is 335 Å². The van der Waals surface area contributed by atoms with E-state index in [0.29, 0.717) is 19.3 Å². The average Bonchev–Trinajstić information content (AvgIpc) is 3.44. The molecule has 0 radical (unpaired) electrons. The third-order valence-corrected chi connectivity index (χ3v) is 14.6. The minimum absolute atomic E-state index is 0.0830. The molecule has 0 aliphatic heterocycles. The van der Waals surface area contributed by atoms with E-state index in [1.165, 1.54) is 167 Å². The van der Waals surface area contributed by atoms with Crippen molar-refractivity contribution in [3.05, 3.63) is 85.1 Å². The molecule has 78 heavy (non-hydrogen) atoms. The Bertz CT molecular complexity index is 1480. The molecule has 0 aromatic heterocycles. The van der Waals surface area contributed by atoms with Crippen LogP contribution >= 0.6 is 0 Å². The molecule has 0 saturated heterocycles. The normalized spacial score (nSPS) is 12.6. The molecule has 0 aliphatic carbocycles. The van der Waals surface area contributed by atoms with Crippen molar-refractivity contribution in [1.82, 2.24) is 0 Å². The van der Waals surface area contributed by atoms with Crippen molar-refractivity contribution in [2.75, 3.05) is 13.2 Å². The van der Waals surface area contributed by atoms with Crippen LogP contribution in [0.5, 0.6) is 0 Å². The van der Waals surface area contributed by atoms with Gasteiger partial charge in [0.15, 0.2) is 6.10 Å². The van der Waals surface area contributed by atoms with Gasteiger partial charge in [-0.05, 0) is 89.9 Å². The van der Waals surface area contributed by atoms with E-state index < -0.39 is 6.10 Å². The van der Waals surface area contributed by atoms with E-state index in [0.717, 1.165) is 128 Å². The summed E-state index contributed by atoms with van der Waals surface area (Å²) in [5.41, 5.74) is 0. The van der Waals surface area contributed by atoms with E-state index in [2.05, 4.69) is 106 Å². The molecule has 0 aliphatic rings. The Morgan fingerprint density at radius 3 is 0.833 bits per heavy atom. The van der Waals surface area contributed by atoms with Crippen LogP contribution < -0.4 is 0 Å². The van der Waals surface area contributed by atoms with E-state index in [1.54, 1.807) is 0 Å². The molecule has 0 fully saturated rings. The summed E-state index contributed by atoms with van der Waals surface area (Å²) in [7, 11) is 0. The maximum Gasteiger partial charge on any atom is 0.306 e. The highest BCUT2D eigenvalue weighted by Crippen LogP contribution is 2.17. The Labute approximate surface area is 484 Å². The van der Waals surface area contributed by atoms with Crippen molar-refractivity contribution in [3.8, 4) is 0 Å². The van der Waals surface area contributed by atoms with Crippen molar-refractivity contribution < 1.29 is 28.6 Å². The summed E-state index contributed by atoms with van der Waals surface area (Å²) in [5.74, 6) is -0.894. The van der Waals surface area contributed by atoms with Gasteiger partial charge in [0.05, 0.1) is 0 Å². The van der Waals surface area contributed by atoms with Crippen LogP contribution in [0.4, 0.5) is 0 Å². The maximum atomic E-state index is 12.9. The Morgan fingerprint density at radius 1 is 0.269 bits per heavy atom. The van der Waals surface area contributed by atoms with Gasteiger partial charge >= 0.3 is 17.9 Å². The lowest BCUT2D eigenvalue weighted by molar-refractivity contribution is -0.167. The van der Waals surface area contributed by atoms with E-state index in [9.17, 15) is 14.4 Å². The van der Waals surface area contributed by atoms with Gasteiger partial charge in [0.1, 0.15) is 13.2 Å². The predicted octanol–water partition coefficient (Wildman–Crippen LogP) is 23.1. The minimum Gasteiger partial charge on any atom is -0.462 e. The topological polar surface area (TPSA) is 78.9 Å². The number of carbonyl (C=O) groups excluding carboxylic acids is 3. The number of hydrogen-bond donors (Lipinski definition) is 0. The zero-order valence-corrected chi connectivity index (χ0v) is 51.7.